The number of benzene rings is 3. The topological polar surface area (TPSA) is 32.8 Å². The lowest BCUT2D eigenvalue weighted by Gasteiger charge is -2.40. The predicted octanol–water partition coefficient (Wildman–Crippen LogP) is 7.52. The van der Waals surface area contributed by atoms with E-state index >= 15 is 0 Å². The van der Waals surface area contributed by atoms with E-state index in [1.807, 2.05) is 54.4 Å². The molecule has 194 valence electrons. The molecular weight excluding hydrogens is 571 g/mol. The highest BCUT2D eigenvalue weighted by molar-refractivity contribution is 9.10. The number of ether oxygens (including phenoxy) is 1. The molecule has 1 spiro atoms. The van der Waals surface area contributed by atoms with Crippen molar-refractivity contribution < 1.29 is 9.53 Å². The van der Waals surface area contributed by atoms with Crippen molar-refractivity contribution in [3.63, 3.8) is 0 Å². The summed E-state index contributed by atoms with van der Waals surface area (Å²) in [7, 11) is 1.87. The Morgan fingerprint density at radius 1 is 1.05 bits per heavy atom. The summed E-state index contributed by atoms with van der Waals surface area (Å²) >= 11 is 16.0. The van der Waals surface area contributed by atoms with Crippen LogP contribution >= 0.6 is 39.1 Å². The Morgan fingerprint density at radius 3 is 2.51 bits per heavy atom. The van der Waals surface area contributed by atoms with Crippen molar-refractivity contribution >= 4 is 45.0 Å². The fraction of sp³-hybridized carbons (Fsp3) is 0.367. The van der Waals surface area contributed by atoms with E-state index in [0.29, 0.717) is 28.8 Å². The molecule has 2 heterocycles. The molecule has 0 aromatic heterocycles. The van der Waals surface area contributed by atoms with Gasteiger partial charge in [-0.15, -0.1) is 0 Å². The third-order valence-corrected chi connectivity index (χ3v) is 9.08. The number of hydrogen-bond donors (Lipinski definition) is 0. The quantitative estimate of drug-likeness (QED) is 0.281. The number of fused-ring (bicyclic) bond motifs is 2. The van der Waals surface area contributed by atoms with Crippen LogP contribution in [-0.4, -0.2) is 48.9 Å². The molecule has 7 heteroatoms. The largest absolute Gasteiger partial charge is 0.365 e. The smallest absolute Gasteiger partial charge is 0.253 e. The molecule has 0 aliphatic carbocycles. The Kier molecular flexibility index (Phi) is 8.28. The van der Waals surface area contributed by atoms with E-state index in [-0.39, 0.29) is 17.4 Å². The summed E-state index contributed by atoms with van der Waals surface area (Å²) in [6.07, 6.45) is 2.92. The normalized spacial score (nSPS) is 17.5. The molecule has 2 aliphatic rings. The number of hydrogen-bond acceptors (Lipinski definition) is 3. The van der Waals surface area contributed by atoms with E-state index in [2.05, 4.69) is 45.1 Å². The molecule has 2 aliphatic heterocycles. The van der Waals surface area contributed by atoms with E-state index < -0.39 is 0 Å². The number of carbonyl (C=O) groups is 1. The summed E-state index contributed by atoms with van der Waals surface area (Å²) in [4.78, 5) is 17.5. The number of halogens is 3. The van der Waals surface area contributed by atoms with E-state index in [1.54, 1.807) is 0 Å². The second kappa shape index (κ2) is 11.5. The van der Waals surface area contributed by atoms with Crippen molar-refractivity contribution in [1.82, 2.24) is 9.80 Å². The summed E-state index contributed by atoms with van der Waals surface area (Å²) < 4.78 is 7.30. The van der Waals surface area contributed by atoms with Gasteiger partial charge in [-0.1, -0.05) is 69.5 Å². The number of likely N-dealkylation sites (tertiary alicyclic amines) is 1. The molecule has 0 radical (unpaired) electrons. The van der Waals surface area contributed by atoms with E-state index in [1.165, 1.54) is 11.1 Å². The third-order valence-electron chi connectivity index (χ3n) is 7.82. The zero-order valence-electron chi connectivity index (χ0n) is 20.9. The minimum atomic E-state index is -0.131. The number of piperidine rings is 1. The lowest BCUT2D eigenvalue weighted by atomic mass is 9.83. The Labute approximate surface area is 237 Å². The Hall–Kier alpha value is -1.89. The van der Waals surface area contributed by atoms with Crippen LogP contribution in [0.4, 0.5) is 0 Å². The molecule has 0 N–H and O–H groups in total. The minimum Gasteiger partial charge on any atom is -0.365 e. The molecule has 0 saturated carbocycles. The number of carbonyl (C=O) groups excluding carboxylic acids is 1. The van der Waals surface area contributed by atoms with Crippen LogP contribution in [0.3, 0.4) is 0 Å². The van der Waals surface area contributed by atoms with Crippen LogP contribution in [0, 0.1) is 0 Å². The lowest BCUT2D eigenvalue weighted by molar-refractivity contribution is -0.0790. The monoisotopic (exact) mass is 600 g/mol. The molecule has 3 aromatic carbocycles. The van der Waals surface area contributed by atoms with Gasteiger partial charge >= 0.3 is 0 Å². The lowest BCUT2D eigenvalue weighted by Crippen LogP contribution is -2.43. The second-order valence-corrected chi connectivity index (χ2v) is 11.9. The maximum atomic E-state index is 13.1. The van der Waals surface area contributed by atoms with Crippen molar-refractivity contribution in [2.75, 3.05) is 33.2 Å². The Balaban J connectivity index is 1.25. The molecular formula is C30H31BrCl2N2O2. The van der Waals surface area contributed by atoms with Crippen LogP contribution in [0.2, 0.25) is 10.0 Å². The van der Waals surface area contributed by atoms with Gasteiger partial charge in [-0.3, -0.25) is 4.79 Å². The van der Waals surface area contributed by atoms with Crippen LogP contribution in [0.25, 0.3) is 0 Å². The van der Waals surface area contributed by atoms with Crippen LogP contribution in [0.15, 0.2) is 71.2 Å². The van der Waals surface area contributed by atoms with Gasteiger partial charge in [-0.25, -0.2) is 0 Å². The molecule has 1 saturated heterocycles. The minimum absolute atomic E-state index is 0.00882. The van der Waals surface area contributed by atoms with Gasteiger partial charge in [-0.2, -0.15) is 0 Å². The van der Waals surface area contributed by atoms with Gasteiger partial charge in [0, 0.05) is 42.6 Å². The molecule has 37 heavy (non-hydrogen) atoms. The molecule has 1 amide bonds. The van der Waals surface area contributed by atoms with Crippen LogP contribution in [-0.2, 0) is 16.9 Å². The molecule has 0 bridgehead atoms. The van der Waals surface area contributed by atoms with Crippen molar-refractivity contribution in [3.8, 4) is 0 Å². The van der Waals surface area contributed by atoms with E-state index in [0.717, 1.165) is 48.9 Å². The van der Waals surface area contributed by atoms with Crippen LogP contribution in [0.5, 0.6) is 0 Å². The fourth-order valence-corrected chi connectivity index (χ4v) is 6.20. The molecule has 5 rings (SSSR count). The molecule has 3 aromatic rings. The standard InChI is InChI=1S/C30H31BrCl2N2O2/c1-34(29(36)21-6-9-25(31)10-7-21)19-23(22-8-11-27(32)28(33)18-22)12-15-35-16-13-30(14-17-35)26-5-3-2-4-24(26)20-37-30/h2-11,18,23H,12-17,19-20H2,1H3/t23-/m1/s1. The summed E-state index contributed by atoms with van der Waals surface area (Å²) in [6, 6.07) is 22.0. The van der Waals surface area contributed by atoms with Crippen molar-refractivity contribution in [2.24, 2.45) is 0 Å². The summed E-state index contributed by atoms with van der Waals surface area (Å²) in [5, 5.41) is 1.09. The van der Waals surface area contributed by atoms with E-state index in [9.17, 15) is 4.79 Å². The molecule has 1 atom stereocenters. The zero-order chi connectivity index (χ0) is 26.0. The van der Waals surface area contributed by atoms with Gasteiger partial charge < -0.3 is 14.5 Å². The Bertz CT molecular complexity index is 1260. The summed E-state index contributed by atoms with van der Waals surface area (Å²) in [5.74, 6) is 0.146. The number of rotatable bonds is 7. The SMILES string of the molecule is CN(C[C@@H](CCN1CCC2(CC1)OCc1ccccc12)c1ccc(Cl)c(Cl)c1)C(=O)c1ccc(Br)cc1. The zero-order valence-corrected chi connectivity index (χ0v) is 24.0. The maximum absolute atomic E-state index is 13.1. The average molecular weight is 602 g/mol. The summed E-state index contributed by atoms with van der Waals surface area (Å²) in [5.41, 5.74) is 4.35. The first-order chi connectivity index (χ1) is 17.8. The second-order valence-electron chi connectivity index (χ2n) is 10.1. The molecule has 0 unspecified atom stereocenters. The molecule has 1 fully saturated rings. The first kappa shape index (κ1) is 26.7. The third kappa shape index (κ3) is 5.91. The highest BCUT2D eigenvalue weighted by atomic mass is 79.9. The first-order valence-corrected chi connectivity index (χ1v) is 14.3. The van der Waals surface area contributed by atoms with Gasteiger partial charge in [0.25, 0.3) is 5.91 Å². The van der Waals surface area contributed by atoms with Gasteiger partial charge in [-0.05, 0) is 78.9 Å². The number of amides is 1. The first-order valence-electron chi connectivity index (χ1n) is 12.8. The fourth-order valence-electron chi connectivity index (χ4n) is 5.63. The number of likely N-dealkylation sites (N-methyl/N-ethyl adjacent to an activating group) is 1. The van der Waals surface area contributed by atoms with Crippen LogP contribution < -0.4 is 0 Å². The van der Waals surface area contributed by atoms with Crippen molar-refractivity contribution in [2.45, 2.75) is 37.4 Å². The highest BCUT2D eigenvalue weighted by Crippen LogP contribution is 2.44. The van der Waals surface area contributed by atoms with E-state index in [4.69, 9.17) is 27.9 Å². The maximum Gasteiger partial charge on any atom is 0.253 e. The summed E-state index contributed by atoms with van der Waals surface area (Å²) in [6.45, 7) is 4.25. The van der Waals surface area contributed by atoms with Crippen molar-refractivity contribution in [1.29, 1.82) is 0 Å². The highest BCUT2D eigenvalue weighted by Gasteiger charge is 2.42. The molecule has 4 nitrogen and oxygen atoms in total. The number of nitrogens with zero attached hydrogens (tertiary/aromatic N) is 2. The van der Waals surface area contributed by atoms with Crippen molar-refractivity contribution in [3.05, 3.63) is 104 Å². The van der Waals surface area contributed by atoms with Gasteiger partial charge in [0.05, 0.1) is 22.3 Å². The van der Waals surface area contributed by atoms with Gasteiger partial charge in [0.15, 0.2) is 0 Å². The van der Waals surface area contributed by atoms with Gasteiger partial charge in [0.2, 0.25) is 0 Å². The van der Waals surface area contributed by atoms with Crippen LogP contribution in [0.1, 0.15) is 52.2 Å². The Morgan fingerprint density at radius 2 is 1.78 bits per heavy atom. The average Bonchev–Trinajstić information content (AvgIpc) is 3.27. The predicted molar refractivity (Wildman–Crippen MR) is 154 cm³/mol. The van der Waals surface area contributed by atoms with Gasteiger partial charge in [0.1, 0.15) is 0 Å².